The minimum Gasteiger partial charge on any atom is -0.358 e. The van der Waals surface area contributed by atoms with Gasteiger partial charge < -0.3 is 15.5 Å². The molecule has 0 bridgehead atoms. The second-order valence-corrected chi connectivity index (χ2v) is 6.26. The Morgan fingerprint density at radius 3 is 2.77 bits per heavy atom. The zero-order chi connectivity index (χ0) is 16.4. The quantitative estimate of drug-likeness (QED) is 0.719. The zero-order valence-corrected chi connectivity index (χ0v) is 14.3. The van der Waals surface area contributed by atoms with E-state index in [1.54, 1.807) is 14.1 Å². The molecule has 2 N–H and O–H groups in total. The molecule has 0 unspecified atom stereocenters. The second kappa shape index (κ2) is 10.1. The molecule has 0 radical (unpaired) electrons. The van der Waals surface area contributed by atoms with Crippen LogP contribution in [-0.4, -0.2) is 49.8 Å². The van der Waals surface area contributed by atoms with Crippen LogP contribution in [0.25, 0.3) is 0 Å². The molecule has 0 spiro atoms. The molecule has 1 rings (SSSR count). The molecule has 6 heteroatoms. The average Bonchev–Trinajstić information content (AvgIpc) is 2.50. The number of hydrogen-bond donors (Lipinski definition) is 2. The number of likely N-dealkylation sites (N-methyl/N-ethyl adjacent to an activating group) is 2. The largest absolute Gasteiger partial charge is 0.358 e. The Morgan fingerprint density at radius 1 is 1.32 bits per heavy atom. The first-order valence-electron chi connectivity index (χ1n) is 7.35. The summed E-state index contributed by atoms with van der Waals surface area (Å²) in [5.41, 5.74) is 2.61. The van der Waals surface area contributed by atoms with E-state index in [9.17, 15) is 9.59 Å². The first-order valence-corrected chi connectivity index (χ1v) is 8.51. The molecule has 0 saturated carbocycles. The highest BCUT2D eigenvalue weighted by atomic mass is 32.2. The number of aryl methyl sites for hydroxylation is 1. The molecule has 3 amide bonds. The van der Waals surface area contributed by atoms with Crippen LogP contribution in [0.4, 0.5) is 4.79 Å². The molecule has 1 aromatic rings. The predicted octanol–water partition coefficient (Wildman–Crippen LogP) is 2.01. The lowest BCUT2D eigenvalue weighted by molar-refractivity contribution is -0.120. The molecule has 0 heterocycles. The SMILES string of the molecule is CNC(=O)CN(C)C(=O)NCCCSCc1cccc(C)c1. The summed E-state index contributed by atoms with van der Waals surface area (Å²) in [6.45, 7) is 2.79. The summed E-state index contributed by atoms with van der Waals surface area (Å²) < 4.78 is 0. The Balaban J connectivity index is 2.10. The van der Waals surface area contributed by atoms with E-state index >= 15 is 0 Å². The van der Waals surface area contributed by atoms with Crippen LogP contribution in [0.2, 0.25) is 0 Å². The monoisotopic (exact) mass is 323 g/mol. The van der Waals surface area contributed by atoms with Crippen LogP contribution in [0.1, 0.15) is 17.5 Å². The summed E-state index contributed by atoms with van der Waals surface area (Å²) in [7, 11) is 3.16. The van der Waals surface area contributed by atoms with Gasteiger partial charge >= 0.3 is 6.03 Å². The van der Waals surface area contributed by atoms with Gasteiger partial charge in [0, 0.05) is 26.4 Å². The van der Waals surface area contributed by atoms with E-state index in [4.69, 9.17) is 0 Å². The van der Waals surface area contributed by atoms with Gasteiger partial charge in [-0.1, -0.05) is 29.8 Å². The van der Waals surface area contributed by atoms with Crippen LogP contribution in [0.5, 0.6) is 0 Å². The van der Waals surface area contributed by atoms with E-state index in [0.717, 1.165) is 17.9 Å². The van der Waals surface area contributed by atoms with Gasteiger partial charge in [0.05, 0.1) is 0 Å². The van der Waals surface area contributed by atoms with E-state index in [0.29, 0.717) is 6.54 Å². The molecular weight excluding hydrogens is 298 g/mol. The van der Waals surface area contributed by atoms with Crippen LogP contribution >= 0.6 is 11.8 Å². The summed E-state index contributed by atoms with van der Waals surface area (Å²) in [6.07, 6.45) is 0.913. The van der Waals surface area contributed by atoms with Gasteiger partial charge in [-0.2, -0.15) is 11.8 Å². The minimum absolute atomic E-state index is 0.0739. The van der Waals surface area contributed by atoms with Gasteiger partial charge in [-0.25, -0.2) is 4.79 Å². The van der Waals surface area contributed by atoms with Crippen molar-refractivity contribution in [1.29, 1.82) is 0 Å². The van der Waals surface area contributed by atoms with Crippen LogP contribution in [0, 0.1) is 6.92 Å². The van der Waals surface area contributed by atoms with Crippen molar-refractivity contribution in [2.45, 2.75) is 19.1 Å². The highest BCUT2D eigenvalue weighted by Gasteiger charge is 2.10. The number of nitrogens with zero attached hydrogens (tertiary/aromatic N) is 1. The Morgan fingerprint density at radius 2 is 2.09 bits per heavy atom. The molecule has 22 heavy (non-hydrogen) atoms. The molecule has 0 fully saturated rings. The summed E-state index contributed by atoms with van der Waals surface area (Å²) >= 11 is 1.86. The lowest BCUT2D eigenvalue weighted by atomic mass is 10.2. The first kappa shape index (κ1) is 18.4. The summed E-state index contributed by atoms with van der Waals surface area (Å²) in [6, 6.07) is 8.29. The minimum atomic E-state index is -0.215. The number of thioether (sulfide) groups is 1. The molecule has 5 nitrogen and oxygen atoms in total. The summed E-state index contributed by atoms with van der Waals surface area (Å²) in [5, 5.41) is 5.30. The third-order valence-electron chi connectivity index (χ3n) is 3.10. The van der Waals surface area contributed by atoms with Crippen LogP contribution in [0.15, 0.2) is 24.3 Å². The molecule has 0 aliphatic carbocycles. The number of urea groups is 1. The molecule has 0 aromatic heterocycles. The number of hydrogen-bond acceptors (Lipinski definition) is 3. The maximum absolute atomic E-state index is 11.7. The van der Waals surface area contributed by atoms with Gasteiger partial charge in [0.2, 0.25) is 5.91 Å². The normalized spacial score (nSPS) is 10.1. The maximum atomic E-state index is 11.7. The fourth-order valence-electron chi connectivity index (χ4n) is 1.86. The Bertz CT molecular complexity index is 494. The Labute approximate surface area is 136 Å². The van der Waals surface area contributed by atoms with Gasteiger partial charge in [-0.3, -0.25) is 4.79 Å². The van der Waals surface area contributed by atoms with Gasteiger partial charge in [-0.15, -0.1) is 0 Å². The summed E-state index contributed by atoms with van der Waals surface area (Å²) in [4.78, 5) is 24.3. The van der Waals surface area contributed by atoms with E-state index < -0.39 is 0 Å². The van der Waals surface area contributed by atoms with Crippen molar-refractivity contribution >= 4 is 23.7 Å². The fourth-order valence-corrected chi connectivity index (χ4v) is 2.77. The van der Waals surface area contributed by atoms with Crippen molar-refractivity contribution in [1.82, 2.24) is 15.5 Å². The van der Waals surface area contributed by atoms with E-state index in [1.165, 1.54) is 16.0 Å². The average molecular weight is 323 g/mol. The van der Waals surface area contributed by atoms with Gasteiger partial charge in [0.15, 0.2) is 0 Å². The van der Waals surface area contributed by atoms with Gasteiger partial charge in [-0.05, 0) is 24.7 Å². The molecule has 0 saturated heterocycles. The van der Waals surface area contributed by atoms with E-state index in [2.05, 4.69) is 41.8 Å². The zero-order valence-electron chi connectivity index (χ0n) is 13.5. The van der Waals surface area contributed by atoms with E-state index in [1.807, 2.05) is 11.8 Å². The number of carbonyl (C=O) groups excluding carboxylic acids is 2. The van der Waals surface area contributed by atoms with Crippen LogP contribution in [0.3, 0.4) is 0 Å². The lowest BCUT2D eigenvalue weighted by Gasteiger charge is -2.16. The summed E-state index contributed by atoms with van der Waals surface area (Å²) in [5.74, 6) is 1.81. The smallest absolute Gasteiger partial charge is 0.317 e. The molecule has 0 aliphatic rings. The molecule has 0 aliphatic heterocycles. The molecule has 0 atom stereocenters. The molecule has 122 valence electrons. The number of amides is 3. The number of benzene rings is 1. The maximum Gasteiger partial charge on any atom is 0.317 e. The molecule has 1 aromatic carbocycles. The number of rotatable bonds is 8. The highest BCUT2D eigenvalue weighted by molar-refractivity contribution is 7.98. The number of carbonyl (C=O) groups is 2. The predicted molar refractivity (Wildman–Crippen MR) is 92.1 cm³/mol. The fraction of sp³-hybridized carbons (Fsp3) is 0.500. The van der Waals surface area contributed by atoms with Crippen molar-refractivity contribution in [3.8, 4) is 0 Å². The Hall–Kier alpha value is -1.69. The van der Waals surface area contributed by atoms with Crippen molar-refractivity contribution in [2.75, 3.05) is 32.9 Å². The highest BCUT2D eigenvalue weighted by Crippen LogP contribution is 2.13. The Kier molecular flexibility index (Phi) is 8.43. The number of nitrogens with one attached hydrogen (secondary N) is 2. The standard InChI is InChI=1S/C16H25N3O2S/c1-13-6-4-7-14(10-13)12-22-9-5-8-18-16(21)19(3)11-15(20)17-2/h4,6-7,10H,5,8-9,11-12H2,1-3H3,(H,17,20)(H,18,21). The van der Waals surface area contributed by atoms with E-state index in [-0.39, 0.29) is 18.5 Å². The van der Waals surface area contributed by atoms with Crippen molar-refractivity contribution in [2.24, 2.45) is 0 Å². The van der Waals surface area contributed by atoms with Crippen molar-refractivity contribution < 1.29 is 9.59 Å². The third kappa shape index (κ3) is 7.36. The van der Waals surface area contributed by atoms with Gasteiger partial charge in [0.25, 0.3) is 0 Å². The van der Waals surface area contributed by atoms with Crippen molar-refractivity contribution in [3.05, 3.63) is 35.4 Å². The van der Waals surface area contributed by atoms with Gasteiger partial charge in [0.1, 0.15) is 6.54 Å². The van der Waals surface area contributed by atoms with Crippen LogP contribution in [-0.2, 0) is 10.5 Å². The topological polar surface area (TPSA) is 61.4 Å². The molecular formula is C16H25N3O2S. The third-order valence-corrected chi connectivity index (χ3v) is 4.21. The lowest BCUT2D eigenvalue weighted by Crippen LogP contribution is -2.42. The second-order valence-electron chi connectivity index (χ2n) is 5.16. The first-order chi connectivity index (χ1) is 10.5. The van der Waals surface area contributed by atoms with Crippen LogP contribution < -0.4 is 10.6 Å². The van der Waals surface area contributed by atoms with Crippen molar-refractivity contribution in [3.63, 3.8) is 0 Å².